The molecule has 0 amide bonds. The monoisotopic (exact) mass is 456 g/mol. The van der Waals surface area contributed by atoms with Crippen molar-refractivity contribution in [3.63, 3.8) is 0 Å². The maximum absolute atomic E-state index is 12.0. The lowest BCUT2D eigenvalue weighted by Crippen LogP contribution is -2.27. The highest BCUT2D eigenvalue weighted by molar-refractivity contribution is 5.97. The number of unbranched alkanes of at least 4 members (excludes halogenated alkanes) is 14. The molecule has 1 N–H and O–H groups in total. The first kappa shape index (κ1) is 28.4. The Labute approximate surface area is 193 Å². The molecule has 0 aromatic heterocycles. The standard InChI is InChI=1S/C25H44O7/c1-2-3-4-5-6-7-8-9-10-11-12-13-14-15-16-18-22(27)31-25(24(29)32-25)21-23(28)30-20-17-19-26/h26H,2-21H2,1H3. The number of ether oxygens (including phenoxy) is 3. The molecular formula is C25H44O7. The Kier molecular flexibility index (Phi) is 15.9. The average molecular weight is 457 g/mol. The van der Waals surface area contributed by atoms with E-state index in [1.54, 1.807) is 0 Å². The third kappa shape index (κ3) is 13.7. The smallest absolute Gasteiger partial charge is 0.397 e. The van der Waals surface area contributed by atoms with Crippen molar-refractivity contribution in [2.24, 2.45) is 0 Å². The summed E-state index contributed by atoms with van der Waals surface area (Å²) in [5.74, 6) is -3.73. The lowest BCUT2D eigenvalue weighted by atomic mass is 10.0. The van der Waals surface area contributed by atoms with Crippen molar-refractivity contribution in [3.8, 4) is 0 Å². The molecule has 1 fully saturated rings. The highest BCUT2D eigenvalue weighted by Gasteiger charge is 2.64. The van der Waals surface area contributed by atoms with E-state index in [1.807, 2.05) is 0 Å². The topological polar surface area (TPSA) is 102 Å². The maximum Gasteiger partial charge on any atom is 0.397 e. The van der Waals surface area contributed by atoms with E-state index in [2.05, 4.69) is 6.92 Å². The van der Waals surface area contributed by atoms with E-state index >= 15 is 0 Å². The van der Waals surface area contributed by atoms with E-state index in [0.717, 1.165) is 12.8 Å². The quantitative estimate of drug-likeness (QED) is 0.133. The second-order valence-electron chi connectivity index (χ2n) is 8.79. The van der Waals surface area contributed by atoms with E-state index in [-0.39, 0.29) is 19.6 Å². The fraction of sp³-hybridized carbons (Fsp3) is 0.880. The number of hydrogen-bond donors (Lipinski definition) is 1. The molecule has 186 valence electrons. The van der Waals surface area contributed by atoms with Crippen LogP contribution in [-0.4, -0.2) is 42.0 Å². The first-order valence-electron chi connectivity index (χ1n) is 12.8. The van der Waals surface area contributed by atoms with Crippen molar-refractivity contribution in [1.82, 2.24) is 0 Å². The molecule has 1 rings (SSSR count). The molecule has 0 aromatic carbocycles. The van der Waals surface area contributed by atoms with Gasteiger partial charge in [0.25, 0.3) is 0 Å². The summed E-state index contributed by atoms with van der Waals surface area (Å²) in [7, 11) is 0. The van der Waals surface area contributed by atoms with Crippen molar-refractivity contribution < 1.29 is 33.7 Å². The Morgan fingerprint density at radius 3 is 1.69 bits per heavy atom. The van der Waals surface area contributed by atoms with Gasteiger partial charge in [-0.1, -0.05) is 96.8 Å². The second-order valence-corrected chi connectivity index (χ2v) is 8.79. The number of aliphatic hydroxyl groups is 1. The Bertz CT molecular complexity index is 534. The van der Waals surface area contributed by atoms with Gasteiger partial charge in [0.15, 0.2) is 0 Å². The first-order valence-corrected chi connectivity index (χ1v) is 12.8. The molecule has 7 nitrogen and oxygen atoms in total. The Balaban J connectivity index is 1.94. The molecule has 32 heavy (non-hydrogen) atoms. The number of epoxide rings is 1. The summed E-state index contributed by atoms with van der Waals surface area (Å²) >= 11 is 0. The SMILES string of the molecule is CCCCCCCCCCCCCCCCCC(=O)OC1(CC(=O)OCCCO)OC1=O. The number of cyclic esters (lactones) is 1. The molecule has 1 aliphatic heterocycles. The van der Waals surface area contributed by atoms with Crippen LogP contribution in [0.5, 0.6) is 0 Å². The largest absolute Gasteiger partial charge is 0.465 e. The molecule has 1 aliphatic rings. The van der Waals surface area contributed by atoms with E-state index < -0.39 is 30.1 Å². The van der Waals surface area contributed by atoms with E-state index in [4.69, 9.17) is 19.3 Å². The second kappa shape index (κ2) is 17.9. The zero-order valence-corrected chi connectivity index (χ0v) is 20.0. The molecule has 7 heteroatoms. The van der Waals surface area contributed by atoms with Gasteiger partial charge in [0.05, 0.1) is 6.61 Å². The fourth-order valence-electron chi connectivity index (χ4n) is 3.70. The summed E-state index contributed by atoms with van der Waals surface area (Å²) in [4.78, 5) is 35.1. The van der Waals surface area contributed by atoms with Gasteiger partial charge >= 0.3 is 23.7 Å². The van der Waals surface area contributed by atoms with Crippen LogP contribution in [0.25, 0.3) is 0 Å². The van der Waals surface area contributed by atoms with E-state index in [1.165, 1.54) is 77.0 Å². The number of rotatable bonds is 22. The van der Waals surface area contributed by atoms with Gasteiger partial charge in [0.1, 0.15) is 6.42 Å². The van der Waals surface area contributed by atoms with Crippen molar-refractivity contribution in [2.75, 3.05) is 13.2 Å². The predicted molar refractivity (Wildman–Crippen MR) is 122 cm³/mol. The molecule has 1 unspecified atom stereocenters. The van der Waals surface area contributed by atoms with Gasteiger partial charge in [0.2, 0.25) is 0 Å². The number of esters is 2. The summed E-state index contributed by atoms with van der Waals surface area (Å²) in [6, 6.07) is 0. The third-order valence-electron chi connectivity index (χ3n) is 5.73. The summed E-state index contributed by atoms with van der Waals surface area (Å²) in [6.07, 6.45) is 18.8. The van der Waals surface area contributed by atoms with Crippen molar-refractivity contribution in [3.05, 3.63) is 0 Å². The van der Waals surface area contributed by atoms with Crippen LogP contribution in [-0.2, 0) is 28.6 Å². The molecule has 0 saturated carbocycles. The van der Waals surface area contributed by atoms with Crippen LogP contribution in [0.3, 0.4) is 0 Å². The third-order valence-corrected chi connectivity index (χ3v) is 5.73. The molecule has 0 aromatic rings. The van der Waals surface area contributed by atoms with Gasteiger partial charge < -0.3 is 19.3 Å². The van der Waals surface area contributed by atoms with Gasteiger partial charge in [-0.25, -0.2) is 4.79 Å². The first-order chi connectivity index (χ1) is 15.5. The average Bonchev–Trinajstić information content (AvgIpc) is 3.38. The fourth-order valence-corrected chi connectivity index (χ4v) is 3.70. The van der Waals surface area contributed by atoms with Crippen LogP contribution in [0, 0.1) is 0 Å². The molecular weight excluding hydrogens is 412 g/mol. The lowest BCUT2D eigenvalue weighted by Gasteiger charge is -2.10. The summed E-state index contributed by atoms with van der Waals surface area (Å²) in [5, 5.41) is 8.68. The van der Waals surface area contributed by atoms with Crippen LogP contribution in [0.4, 0.5) is 0 Å². The van der Waals surface area contributed by atoms with Crippen molar-refractivity contribution in [1.29, 1.82) is 0 Å². The molecule has 1 saturated heterocycles. The van der Waals surface area contributed by atoms with Gasteiger partial charge in [0, 0.05) is 19.4 Å². The van der Waals surface area contributed by atoms with Gasteiger partial charge in [-0.15, -0.1) is 0 Å². The summed E-state index contributed by atoms with van der Waals surface area (Å²) in [6.45, 7) is 2.21. The van der Waals surface area contributed by atoms with Crippen LogP contribution in [0.2, 0.25) is 0 Å². The lowest BCUT2D eigenvalue weighted by molar-refractivity contribution is -0.166. The van der Waals surface area contributed by atoms with Crippen LogP contribution in [0.15, 0.2) is 0 Å². The molecule has 0 bridgehead atoms. The number of aliphatic hydroxyl groups excluding tert-OH is 1. The minimum absolute atomic E-state index is 0.0483. The molecule has 0 radical (unpaired) electrons. The predicted octanol–water partition coefficient (Wildman–Crippen LogP) is 5.36. The van der Waals surface area contributed by atoms with Gasteiger partial charge in [-0.2, -0.15) is 0 Å². The highest BCUT2D eigenvalue weighted by atomic mass is 16.8. The summed E-state index contributed by atoms with van der Waals surface area (Å²) in [5.41, 5.74) is 0. The Morgan fingerprint density at radius 1 is 0.781 bits per heavy atom. The maximum atomic E-state index is 12.0. The highest BCUT2D eigenvalue weighted by Crippen LogP contribution is 2.35. The molecule has 0 aliphatic carbocycles. The minimum Gasteiger partial charge on any atom is -0.465 e. The van der Waals surface area contributed by atoms with Crippen LogP contribution < -0.4 is 0 Å². The van der Waals surface area contributed by atoms with Crippen molar-refractivity contribution in [2.45, 2.75) is 128 Å². The molecule has 1 heterocycles. The van der Waals surface area contributed by atoms with Crippen LogP contribution >= 0.6 is 0 Å². The zero-order chi connectivity index (χ0) is 23.5. The normalized spacial score (nSPS) is 17.1. The molecule has 0 spiro atoms. The van der Waals surface area contributed by atoms with Gasteiger partial charge in [-0.3, -0.25) is 9.59 Å². The number of hydrogen-bond acceptors (Lipinski definition) is 7. The van der Waals surface area contributed by atoms with E-state index in [9.17, 15) is 14.4 Å². The Hall–Kier alpha value is -1.63. The number of carbonyl (C=O) groups is 3. The van der Waals surface area contributed by atoms with E-state index in [0.29, 0.717) is 12.8 Å². The zero-order valence-electron chi connectivity index (χ0n) is 20.0. The summed E-state index contributed by atoms with van der Waals surface area (Å²) < 4.78 is 14.7. The van der Waals surface area contributed by atoms with Gasteiger partial charge in [-0.05, 0) is 6.42 Å². The number of carbonyl (C=O) groups excluding carboxylic acids is 3. The van der Waals surface area contributed by atoms with Crippen LogP contribution in [0.1, 0.15) is 122 Å². The molecule has 1 atom stereocenters. The Morgan fingerprint density at radius 2 is 1.25 bits per heavy atom. The van der Waals surface area contributed by atoms with Crippen molar-refractivity contribution >= 4 is 17.9 Å². The minimum atomic E-state index is -1.79.